The largest absolute Gasteiger partial charge is 0.390 e. The van der Waals surface area contributed by atoms with E-state index in [1.807, 2.05) is 0 Å². The van der Waals surface area contributed by atoms with Crippen molar-refractivity contribution in [1.82, 2.24) is 9.80 Å². The van der Waals surface area contributed by atoms with Crippen LogP contribution in [0.4, 0.5) is 4.39 Å². The Morgan fingerprint density at radius 3 is 2.75 bits per heavy atom. The number of hydrogen-bond acceptors (Lipinski definition) is 4. The minimum absolute atomic E-state index is 0.0126. The van der Waals surface area contributed by atoms with Gasteiger partial charge in [0, 0.05) is 23.2 Å². The zero-order valence-corrected chi connectivity index (χ0v) is 14.6. The maximum Gasteiger partial charge on any atom is 0.265 e. The Hall–Kier alpha value is -1.21. The summed E-state index contributed by atoms with van der Waals surface area (Å²) in [5.74, 6) is -0.634. The summed E-state index contributed by atoms with van der Waals surface area (Å²) in [7, 11) is 0. The van der Waals surface area contributed by atoms with Crippen molar-refractivity contribution in [2.45, 2.75) is 25.0 Å². The maximum atomic E-state index is 14.0. The zero-order valence-electron chi connectivity index (χ0n) is 13.0. The van der Waals surface area contributed by atoms with Crippen LogP contribution in [0.5, 0.6) is 0 Å². The molecule has 2 saturated heterocycles. The molecular weight excluding hydrogens is 351 g/mol. The molecule has 0 radical (unpaired) electrons. The van der Waals surface area contributed by atoms with Gasteiger partial charge in [-0.25, -0.2) is 4.39 Å². The van der Waals surface area contributed by atoms with E-state index in [9.17, 15) is 14.3 Å². The summed E-state index contributed by atoms with van der Waals surface area (Å²) in [6, 6.07) is 4.71. The number of carbonyl (C=O) groups is 1. The maximum absolute atomic E-state index is 14.0. The van der Waals surface area contributed by atoms with Gasteiger partial charge in [0.15, 0.2) is 0 Å². The van der Waals surface area contributed by atoms with E-state index in [-0.39, 0.29) is 17.0 Å². The predicted octanol–water partition coefficient (Wildman–Crippen LogP) is 2.97. The molecule has 0 bridgehead atoms. The van der Waals surface area contributed by atoms with Gasteiger partial charge in [0.25, 0.3) is 5.91 Å². The van der Waals surface area contributed by atoms with E-state index in [0.717, 1.165) is 25.9 Å². The second kappa shape index (κ2) is 6.26. The van der Waals surface area contributed by atoms with Crippen LogP contribution in [-0.4, -0.2) is 59.1 Å². The van der Waals surface area contributed by atoms with Crippen LogP contribution < -0.4 is 0 Å². The SMILES string of the molecule is O=C(c1sc2cccc(F)c2c1Cl)N1C[C@@H](O)[C@H](N2CCCC2)C1. The van der Waals surface area contributed by atoms with Crippen LogP contribution in [0.15, 0.2) is 18.2 Å². The molecule has 2 fully saturated rings. The smallest absolute Gasteiger partial charge is 0.265 e. The molecule has 2 atom stereocenters. The third kappa shape index (κ3) is 2.62. The average molecular weight is 369 g/mol. The van der Waals surface area contributed by atoms with Crippen molar-refractivity contribution < 1.29 is 14.3 Å². The molecule has 1 N–H and O–H groups in total. The lowest BCUT2D eigenvalue weighted by Gasteiger charge is -2.25. The molecule has 3 heterocycles. The third-order valence-electron chi connectivity index (χ3n) is 4.96. The fourth-order valence-electron chi connectivity index (χ4n) is 3.72. The number of benzene rings is 1. The summed E-state index contributed by atoms with van der Waals surface area (Å²) in [6.07, 6.45) is 1.73. The monoisotopic (exact) mass is 368 g/mol. The van der Waals surface area contributed by atoms with Crippen molar-refractivity contribution in [1.29, 1.82) is 0 Å². The van der Waals surface area contributed by atoms with E-state index in [1.165, 1.54) is 17.4 Å². The number of likely N-dealkylation sites (tertiary alicyclic amines) is 2. The standard InChI is InChI=1S/C17H18ClFN2O2S/c18-15-14-10(19)4-3-5-13(14)24-16(15)17(23)21-8-11(12(22)9-21)20-6-1-2-7-20/h3-5,11-12,22H,1-2,6-9H2/t11-,12-/m1/s1. The summed E-state index contributed by atoms with van der Waals surface area (Å²) >= 11 is 7.49. The first-order valence-corrected chi connectivity index (χ1v) is 9.33. The van der Waals surface area contributed by atoms with Crippen LogP contribution in [0.3, 0.4) is 0 Å². The molecule has 0 aliphatic carbocycles. The molecule has 1 aromatic carbocycles. The first kappa shape index (κ1) is 16.3. The Balaban J connectivity index is 1.60. The van der Waals surface area contributed by atoms with E-state index < -0.39 is 11.9 Å². The number of nitrogens with zero attached hydrogens (tertiary/aromatic N) is 2. The van der Waals surface area contributed by atoms with E-state index in [4.69, 9.17) is 11.6 Å². The quantitative estimate of drug-likeness (QED) is 0.886. The molecule has 4 nitrogen and oxygen atoms in total. The van der Waals surface area contributed by atoms with Gasteiger partial charge >= 0.3 is 0 Å². The fraction of sp³-hybridized carbons (Fsp3) is 0.471. The Kier molecular flexibility index (Phi) is 4.24. The summed E-state index contributed by atoms with van der Waals surface area (Å²) < 4.78 is 14.6. The van der Waals surface area contributed by atoms with Gasteiger partial charge in [-0.3, -0.25) is 9.69 Å². The number of amides is 1. The molecule has 7 heteroatoms. The summed E-state index contributed by atoms with van der Waals surface area (Å²) in [6.45, 7) is 2.73. The van der Waals surface area contributed by atoms with Crippen molar-refractivity contribution in [2.75, 3.05) is 26.2 Å². The molecule has 128 valence electrons. The third-order valence-corrected chi connectivity index (χ3v) is 6.59. The predicted molar refractivity (Wildman–Crippen MR) is 93.3 cm³/mol. The number of aliphatic hydroxyl groups excluding tert-OH is 1. The molecule has 0 saturated carbocycles. The zero-order chi connectivity index (χ0) is 16.8. The number of rotatable bonds is 2. The summed E-state index contributed by atoms with van der Waals surface area (Å²) in [5, 5.41) is 10.8. The molecule has 4 rings (SSSR count). The lowest BCUT2D eigenvalue weighted by Crippen LogP contribution is -2.41. The van der Waals surface area contributed by atoms with Crippen molar-refractivity contribution in [3.8, 4) is 0 Å². The molecule has 2 aliphatic rings. The van der Waals surface area contributed by atoms with Gasteiger partial charge in [-0.15, -0.1) is 11.3 Å². The van der Waals surface area contributed by atoms with E-state index in [0.29, 0.717) is 28.1 Å². The van der Waals surface area contributed by atoms with E-state index >= 15 is 0 Å². The van der Waals surface area contributed by atoms with E-state index in [2.05, 4.69) is 4.90 Å². The number of β-amino-alcohol motifs (C(OH)–C–C–N with tert-alkyl or cyclic N) is 1. The first-order valence-electron chi connectivity index (χ1n) is 8.14. The molecule has 0 spiro atoms. The van der Waals surface area contributed by atoms with Crippen LogP contribution in [-0.2, 0) is 0 Å². The van der Waals surface area contributed by atoms with Crippen molar-refractivity contribution >= 4 is 38.9 Å². The molecule has 1 amide bonds. The highest BCUT2D eigenvalue weighted by Crippen LogP contribution is 2.38. The fourth-order valence-corrected chi connectivity index (χ4v) is 5.24. The Labute approximate surface area is 148 Å². The number of fused-ring (bicyclic) bond motifs is 1. The summed E-state index contributed by atoms with van der Waals surface area (Å²) in [4.78, 5) is 17.1. The van der Waals surface area contributed by atoms with Gasteiger partial charge in [0.2, 0.25) is 0 Å². The van der Waals surface area contributed by atoms with Gasteiger partial charge in [-0.1, -0.05) is 17.7 Å². The van der Waals surface area contributed by atoms with E-state index in [1.54, 1.807) is 17.0 Å². The molecular formula is C17H18ClFN2O2S. The highest BCUT2D eigenvalue weighted by molar-refractivity contribution is 7.21. The second-order valence-electron chi connectivity index (χ2n) is 6.45. The highest BCUT2D eigenvalue weighted by Gasteiger charge is 2.39. The van der Waals surface area contributed by atoms with Gasteiger partial charge in [0.05, 0.1) is 17.2 Å². The minimum Gasteiger partial charge on any atom is -0.390 e. The first-order chi connectivity index (χ1) is 11.6. The molecule has 1 aromatic heterocycles. The number of hydrogen-bond donors (Lipinski definition) is 1. The second-order valence-corrected chi connectivity index (χ2v) is 7.88. The lowest BCUT2D eigenvalue weighted by molar-refractivity contribution is 0.0768. The molecule has 2 aromatic rings. The topological polar surface area (TPSA) is 43.8 Å². The van der Waals surface area contributed by atoms with Gasteiger partial charge in [0.1, 0.15) is 10.7 Å². The number of halogens is 2. The van der Waals surface area contributed by atoms with Crippen molar-refractivity contribution in [2.24, 2.45) is 0 Å². The normalized spacial score (nSPS) is 25.0. The number of carbonyl (C=O) groups excluding carboxylic acids is 1. The molecule has 2 aliphatic heterocycles. The minimum atomic E-state index is -0.545. The van der Waals surface area contributed by atoms with Crippen molar-refractivity contribution in [3.63, 3.8) is 0 Å². The van der Waals surface area contributed by atoms with Crippen LogP contribution >= 0.6 is 22.9 Å². The van der Waals surface area contributed by atoms with Crippen LogP contribution in [0.2, 0.25) is 5.02 Å². The Bertz CT molecular complexity index is 790. The average Bonchev–Trinajstić information content (AvgIpc) is 3.26. The molecule has 0 unspecified atom stereocenters. The lowest BCUT2D eigenvalue weighted by atomic mass is 10.2. The van der Waals surface area contributed by atoms with Crippen LogP contribution in [0, 0.1) is 5.82 Å². The van der Waals surface area contributed by atoms with Crippen molar-refractivity contribution in [3.05, 3.63) is 33.9 Å². The van der Waals surface area contributed by atoms with Crippen LogP contribution in [0.25, 0.3) is 10.1 Å². The number of aliphatic hydroxyl groups is 1. The van der Waals surface area contributed by atoms with Crippen LogP contribution in [0.1, 0.15) is 22.5 Å². The van der Waals surface area contributed by atoms with Gasteiger partial charge < -0.3 is 10.0 Å². The molecule has 24 heavy (non-hydrogen) atoms. The van der Waals surface area contributed by atoms with Gasteiger partial charge in [-0.2, -0.15) is 0 Å². The number of thiophene rings is 1. The Morgan fingerprint density at radius 1 is 1.29 bits per heavy atom. The summed E-state index contributed by atoms with van der Waals surface area (Å²) in [5.41, 5.74) is 0. The highest BCUT2D eigenvalue weighted by atomic mass is 35.5. The van der Waals surface area contributed by atoms with Gasteiger partial charge in [-0.05, 0) is 38.1 Å². The Morgan fingerprint density at radius 2 is 2.04 bits per heavy atom.